The van der Waals surface area contributed by atoms with Gasteiger partial charge >= 0.3 is 6.09 Å². The number of amides is 1. The number of nitrogens with zero attached hydrogens (tertiary/aromatic N) is 3. The Morgan fingerprint density at radius 3 is 2.13 bits per heavy atom. The van der Waals surface area contributed by atoms with Gasteiger partial charge in [-0.3, -0.25) is 0 Å². The SMILES string of the molecule is CN(C[C@@H](CCN1CCC(N2C[C@@H](c3ccccc3)OC2=O)CC1)c1ccccc1)S(=O)(=O)c1ccccc1. The number of carbonyl (C=O) groups is 1. The van der Waals surface area contributed by atoms with Crippen molar-refractivity contribution in [2.75, 3.05) is 39.8 Å². The maximum Gasteiger partial charge on any atom is 0.410 e. The van der Waals surface area contributed by atoms with Crippen molar-refractivity contribution >= 4 is 16.1 Å². The molecule has 8 heteroatoms. The first-order chi connectivity index (χ1) is 18.9. The Morgan fingerprint density at radius 1 is 0.897 bits per heavy atom. The van der Waals surface area contributed by atoms with Gasteiger partial charge in [-0.05, 0) is 55.0 Å². The first kappa shape index (κ1) is 27.4. The van der Waals surface area contributed by atoms with Crippen LogP contribution in [0, 0.1) is 0 Å². The summed E-state index contributed by atoms with van der Waals surface area (Å²) in [6.07, 6.45) is 2.26. The highest BCUT2D eigenvalue weighted by Crippen LogP contribution is 2.31. The van der Waals surface area contributed by atoms with Gasteiger partial charge in [0.05, 0.1) is 11.4 Å². The van der Waals surface area contributed by atoms with Crippen LogP contribution in [0.15, 0.2) is 95.9 Å². The van der Waals surface area contributed by atoms with Crippen LogP contribution in [0.4, 0.5) is 4.79 Å². The molecule has 39 heavy (non-hydrogen) atoms. The Bertz CT molecular complexity index is 1310. The molecule has 2 fully saturated rings. The Balaban J connectivity index is 1.17. The molecule has 0 aromatic heterocycles. The summed E-state index contributed by atoms with van der Waals surface area (Å²) in [5, 5.41) is 0. The van der Waals surface area contributed by atoms with Crippen LogP contribution in [-0.2, 0) is 14.8 Å². The lowest BCUT2D eigenvalue weighted by atomic mass is 9.94. The normalized spacial score (nSPS) is 19.8. The standard InChI is InChI=1S/C31H37N3O4S/c1-32(39(36,37)29-15-9-4-10-16-29)23-27(25-11-5-2-6-12-25)17-20-33-21-18-28(19-22-33)34-24-30(38-31(34)35)26-13-7-3-8-14-26/h2-16,27-28,30H,17-24H2,1H3/t27-,30+/m1/s1. The molecule has 2 atom stereocenters. The quantitative estimate of drug-likeness (QED) is 0.352. The molecule has 2 heterocycles. The van der Waals surface area contributed by atoms with E-state index in [-0.39, 0.29) is 24.2 Å². The Kier molecular flexibility index (Phi) is 8.65. The van der Waals surface area contributed by atoms with Crippen molar-refractivity contribution in [1.82, 2.24) is 14.1 Å². The van der Waals surface area contributed by atoms with Gasteiger partial charge < -0.3 is 14.5 Å². The van der Waals surface area contributed by atoms with E-state index in [1.54, 1.807) is 31.3 Å². The third kappa shape index (κ3) is 6.52. The van der Waals surface area contributed by atoms with E-state index in [1.807, 2.05) is 59.5 Å². The van der Waals surface area contributed by atoms with Gasteiger partial charge in [-0.2, -0.15) is 0 Å². The van der Waals surface area contributed by atoms with Crippen molar-refractivity contribution in [3.63, 3.8) is 0 Å². The van der Waals surface area contributed by atoms with Crippen LogP contribution in [0.3, 0.4) is 0 Å². The number of rotatable bonds is 10. The van der Waals surface area contributed by atoms with Gasteiger partial charge in [-0.25, -0.2) is 17.5 Å². The molecule has 0 saturated carbocycles. The predicted octanol–water partition coefficient (Wildman–Crippen LogP) is 5.14. The molecule has 1 amide bonds. The van der Waals surface area contributed by atoms with Crippen molar-refractivity contribution in [3.05, 3.63) is 102 Å². The van der Waals surface area contributed by atoms with E-state index in [9.17, 15) is 13.2 Å². The maximum atomic E-state index is 13.2. The zero-order chi connectivity index (χ0) is 27.2. The molecule has 0 unspecified atom stereocenters. The van der Waals surface area contributed by atoms with Crippen LogP contribution < -0.4 is 0 Å². The zero-order valence-electron chi connectivity index (χ0n) is 22.4. The zero-order valence-corrected chi connectivity index (χ0v) is 23.2. The molecule has 0 bridgehead atoms. The molecule has 2 saturated heterocycles. The number of benzene rings is 3. The maximum absolute atomic E-state index is 13.2. The van der Waals surface area contributed by atoms with Crippen molar-refractivity contribution in [1.29, 1.82) is 0 Å². The Morgan fingerprint density at radius 2 is 1.49 bits per heavy atom. The number of likely N-dealkylation sites (N-methyl/N-ethyl adjacent to an activating group) is 1. The smallest absolute Gasteiger partial charge is 0.410 e. The fraction of sp³-hybridized carbons (Fsp3) is 0.387. The predicted molar refractivity (Wildman–Crippen MR) is 152 cm³/mol. The molecule has 3 aromatic carbocycles. The van der Waals surface area contributed by atoms with E-state index in [2.05, 4.69) is 17.0 Å². The molecule has 7 nitrogen and oxygen atoms in total. The lowest BCUT2D eigenvalue weighted by Gasteiger charge is -2.36. The summed E-state index contributed by atoms with van der Waals surface area (Å²) in [7, 11) is -1.89. The molecule has 0 aliphatic carbocycles. The summed E-state index contributed by atoms with van der Waals surface area (Å²) < 4.78 is 33.5. The number of carbonyl (C=O) groups excluding carboxylic acids is 1. The second kappa shape index (κ2) is 12.3. The van der Waals surface area contributed by atoms with Crippen molar-refractivity contribution in [2.24, 2.45) is 0 Å². The molecule has 0 spiro atoms. The third-order valence-corrected chi connectivity index (χ3v) is 9.84. The fourth-order valence-corrected chi connectivity index (χ4v) is 6.92. The van der Waals surface area contributed by atoms with Crippen LogP contribution in [-0.4, -0.2) is 74.4 Å². The second-order valence-electron chi connectivity index (χ2n) is 10.5. The topological polar surface area (TPSA) is 70.2 Å². The molecule has 0 radical (unpaired) electrons. The highest BCUT2D eigenvalue weighted by atomic mass is 32.2. The number of piperidine rings is 1. The van der Waals surface area contributed by atoms with Crippen LogP contribution in [0.1, 0.15) is 42.4 Å². The monoisotopic (exact) mass is 547 g/mol. The van der Waals surface area contributed by atoms with Gasteiger partial charge in [0.2, 0.25) is 10.0 Å². The molecular formula is C31H37N3O4S. The average Bonchev–Trinajstić information content (AvgIpc) is 3.38. The number of hydrogen-bond donors (Lipinski definition) is 0. The van der Waals surface area contributed by atoms with E-state index in [1.165, 1.54) is 4.31 Å². The van der Waals surface area contributed by atoms with Crippen LogP contribution in [0.2, 0.25) is 0 Å². The summed E-state index contributed by atoms with van der Waals surface area (Å²) >= 11 is 0. The summed E-state index contributed by atoms with van der Waals surface area (Å²) in [4.78, 5) is 17.3. The molecule has 206 valence electrons. The average molecular weight is 548 g/mol. The van der Waals surface area contributed by atoms with Crippen LogP contribution in [0.25, 0.3) is 0 Å². The van der Waals surface area contributed by atoms with Crippen LogP contribution in [0.5, 0.6) is 0 Å². The molecule has 2 aliphatic heterocycles. The molecule has 5 rings (SSSR count). The van der Waals surface area contributed by atoms with Gasteiger partial charge in [-0.15, -0.1) is 0 Å². The first-order valence-corrected chi connectivity index (χ1v) is 15.2. The van der Waals surface area contributed by atoms with Crippen molar-refractivity contribution in [2.45, 2.75) is 42.2 Å². The highest BCUT2D eigenvalue weighted by molar-refractivity contribution is 7.89. The molecule has 3 aromatic rings. The lowest BCUT2D eigenvalue weighted by molar-refractivity contribution is 0.111. The van der Waals surface area contributed by atoms with E-state index >= 15 is 0 Å². The number of hydrogen-bond acceptors (Lipinski definition) is 5. The van der Waals surface area contributed by atoms with Gasteiger partial charge in [0, 0.05) is 32.7 Å². The Hall–Kier alpha value is -3.20. The van der Waals surface area contributed by atoms with Crippen LogP contribution >= 0.6 is 0 Å². The minimum absolute atomic E-state index is 0.0765. The largest absolute Gasteiger partial charge is 0.439 e. The minimum atomic E-state index is -3.56. The van der Waals surface area contributed by atoms with Gasteiger partial charge in [-0.1, -0.05) is 78.9 Å². The third-order valence-electron chi connectivity index (χ3n) is 8.00. The molecular weight excluding hydrogens is 510 g/mol. The summed E-state index contributed by atoms with van der Waals surface area (Å²) in [6.45, 7) is 3.71. The number of likely N-dealkylation sites (tertiary alicyclic amines) is 1. The number of cyclic esters (lactones) is 1. The van der Waals surface area contributed by atoms with E-state index in [0.717, 1.165) is 50.0 Å². The van der Waals surface area contributed by atoms with E-state index < -0.39 is 10.0 Å². The fourth-order valence-electron chi connectivity index (χ4n) is 5.68. The van der Waals surface area contributed by atoms with Crippen molar-refractivity contribution in [3.8, 4) is 0 Å². The Labute approximate surface area is 232 Å². The summed E-state index contributed by atoms with van der Waals surface area (Å²) in [5.74, 6) is 0.0765. The first-order valence-electron chi connectivity index (χ1n) is 13.7. The van der Waals surface area contributed by atoms with E-state index in [0.29, 0.717) is 18.0 Å². The van der Waals surface area contributed by atoms with Gasteiger partial charge in [0.25, 0.3) is 0 Å². The molecule has 2 aliphatic rings. The lowest BCUT2D eigenvalue weighted by Crippen LogP contribution is -2.45. The second-order valence-corrected chi connectivity index (χ2v) is 12.5. The number of ether oxygens (including phenoxy) is 1. The summed E-state index contributed by atoms with van der Waals surface area (Å²) in [5.41, 5.74) is 2.19. The minimum Gasteiger partial charge on any atom is -0.439 e. The summed E-state index contributed by atoms with van der Waals surface area (Å²) in [6, 6.07) is 28.9. The van der Waals surface area contributed by atoms with Gasteiger partial charge in [0.15, 0.2) is 0 Å². The van der Waals surface area contributed by atoms with E-state index in [4.69, 9.17) is 4.74 Å². The molecule has 0 N–H and O–H groups in total. The number of sulfonamides is 1. The highest BCUT2D eigenvalue weighted by Gasteiger charge is 2.38. The van der Waals surface area contributed by atoms with Gasteiger partial charge in [0.1, 0.15) is 6.10 Å². The van der Waals surface area contributed by atoms with Crippen molar-refractivity contribution < 1.29 is 17.9 Å².